The Labute approximate surface area is 152 Å². The Morgan fingerprint density at radius 1 is 1.31 bits per heavy atom. The maximum atomic E-state index is 9.76. The summed E-state index contributed by atoms with van der Waals surface area (Å²) in [5.41, 5.74) is 1.24. The molecule has 2 aliphatic heterocycles. The van der Waals surface area contributed by atoms with E-state index >= 15 is 0 Å². The van der Waals surface area contributed by atoms with Gasteiger partial charge in [-0.05, 0) is 12.8 Å². The van der Waals surface area contributed by atoms with Crippen LogP contribution in [0.5, 0.6) is 0 Å². The number of nitrogens with one attached hydrogen (secondary N) is 2. The number of piperidine rings is 1. The van der Waals surface area contributed by atoms with Gasteiger partial charge in [0.15, 0.2) is 5.69 Å². The first-order valence-electron chi connectivity index (χ1n) is 8.23. The van der Waals surface area contributed by atoms with E-state index in [1.165, 1.54) is 0 Å². The number of anilines is 1. The van der Waals surface area contributed by atoms with Crippen LogP contribution in [0.15, 0.2) is 18.6 Å². The van der Waals surface area contributed by atoms with Crippen molar-refractivity contribution in [3.05, 3.63) is 24.3 Å². The van der Waals surface area contributed by atoms with E-state index < -0.39 is 11.0 Å². The second kappa shape index (κ2) is 6.19. The predicted molar refractivity (Wildman–Crippen MR) is 97.1 cm³/mol. The van der Waals surface area contributed by atoms with Crippen molar-refractivity contribution in [3.8, 4) is 17.3 Å². The van der Waals surface area contributed by atoms with Gasteiger partial charge in [-0.2, -0.15) is 15.1 Å². The van der Waals surface area contributed by atoms with Crippen molar-refractivity contribution >= 4 is 16.8 Å². The lowest BCUT2D eigenvalue weighted by atomic mass is 9.89. The molecule has 4 N–H and O–H groups in total. The van der Waals surface area contributed by atoms with E-state index in [2.05, 4.69) is 35.5 Å². The molecular weight excluding hydrogens is 356 g/mol. The minimum Gasteiger partial charge on any atom is -0.355 e. The number of aryl methyl sites for hydroxylation is 1. The summed E-state index contributed by atoms with van der Waals surface area (Å²) in [5.74, 6) is 0.704. The second-order valence-corrected chi connectivity index (χ2v) is 8.27. The third-order valence-corrected chi connectivity index (χ3v) is 6.12. The molecule has 2 saturated heterocycles. The fraction of sp³-hybridized carbons (Fsp3) is 0.467. The van der Waals surface area contributed by atoms with E-state index in [1.54, 1.807) is 23.3 Å². The fourth-order valence-corrected chi connectivity index (χ4v) is 4.84. The first-order valence-corrected chi connectivity index (χ1v) is 9.77. The Balaban J connectivity index is 1.55. The molecule has 0 aliphatic carbocycles. The summed E-state index contributed by atoms with van der Waals surface area (Å²) in [4.78, 5) is 11.0. The van der Waals surface area contributed by atoms with E-state index in [1.807, 2.05) is 7.05 Å². The molecule has 4 heterocycles. The lowest BCUT2D eigenvalue weighted by Gasteiger charge is -2.40. The van der Waals surface area contributed by atoms with Crippen molar-refractivity contribution in [1.29, 1.82) is 5.26 Å². The molecule has 10 nitrogen and oxygen atoms in total. The minimum atomic E-state index is -2.88. The summed E-state index contributed by atoms with van der Waals surface area (Å²) < 4.78 is 26.9. The van der Waals surface area contributed by atoms with E-state index in [0.29, 0.717) is 31.1 Å². The molecule has 2 aromatic heterocycles. The second-order valence-electron chi connectivity index (χ2n) is 6.68. The molecule has 0 radical (unpaired) electrons. The zero-order valence-electron chi connectivity index (χ0n) is 14.3. The Hall–Kier alpha value is -2.23. The van der Waals surface area contributed by atoms with Crippen molar-refractivity contribution < 1.29 is 9.11 Å². The van der Waals surface area contributed by atoms with E-state index in [0.717, 1.165) is 18.4 Å². The van der Waals surface area contributed by atoms with Crippen LogP contribution in [0.1, 0.15) is 18.5 Å². The molecule has 4 rings (SSSR count). The monoisotopic (exact) mass is 376 g/mol. The number of hydrogen-bond acceptors (Lipinski definition) is 9. The number of hydrogen-bond donors (Lipinski definition) is 4. The van der Waals surface area contributed by atoms with Crippen LogP contribution in [-0.2, 0) is 7.05 Å². The lowest BCUT2D eigenvalue weighted by Crippen LogP contribution is -2.52. The molecule has 1 spiro atoms. The number of nitrogens with zero attached hydrogens (tertiary/aromatic N) is 6. The van der Waals surface area contributed by atoms with Gasteiger partial charge in [0.2, 0.25) is 0 Å². The molecule has 138 valence electrons. The van der Waals surface area contributed by atoms with Gasteiger partial charge < -0.3 is 4.90 Å². The van der Waals surface area contributed by atoms with Crippen molar-refractivity contribution in [3.63, 3.8) is 0 Å². The molecule has 26 heavy (non-hydrogen) atoms. The van der Waals surface area contributed by atoms with Crippen LogP contribution >= 0.6 is 11.0 Å². The molecule has 0 bridgehead atoms. The van der Waals surface area contributed by atoms with Gasteiger partial charge >= 0.3 is 0 Å². The van der Waals surface area contributed by atoms with Gasteiger partial charge in [-0.15, -0.1) is 0 Å². The normalized spacial score (nSPS) is 22.3. The van der Waals surface area contributed by atoms with Crippen LogP contribution in [0, 0.1) is 11.3 Å². The number of aromatic nitrogens is 4. The zero-order valence-corrected chi connectivity index (χ0v) is 15.1. The first-order chi connectivity index (χ1) is 12.4. The number of nitriles is 1. The average molecular weight is 376 g/mol. The van der Waals surface area contributed by atoms with Crippen LogP contribution in [-0.4, -0.2) is 54.0 Å². The largest absolute Gasteiger partial charge is 0.355 e. The van der Waals surface area contributed by atoms with Crippen LogP contribution in [0.2, 0.25) is 0 Å². The summed E-state index contributed by atoms with van der Waals surface area (Å²) in [7, 11) is -1.07. The van der Waals surface area contributed by atoms with Crippen molar-refractivity contribution in [2.45, 2.75) is 18.4 Å². The summed E-state index contributed by atoms with van der Waals surface area (Å²) in [5, 5.41) is 13.5. The maximum absolute atomic E-state index is 9.76. The zero-order chi connectivity index (χ0) is 18.4. The van der Waals surface area contributed by atoms with Crippen molar-refractivity contribution in [1.82, 2.24) is 29.2 Å². The van der Waals surface area contributed by atoms with Gasteiger partial charge in [0.25, 0.3) is 0 Å². The van der Waals surface area contributed by atoms with Crippen molar-refractivity contribution in [2.24, 2.45) is 7.05 Å². The summed E-state index contributed by atoms with van der Waals surface area (Å²) in [6.07, 6.45) is 6.58. The maximum Gasteiger partial charge on any atom is 0.167 e. The Kier molecular flexibility index (Phi) is 4.09. The quantitative estimate of drug-likeness (QED) is 0.602. The Bertz CT molecular complexity index is 869. The van der Waals surface area contributed by atoms with E-state index in [-0.39, 0.29) is 11.2 Å². The highest BCUT2D eigenvalue weighted by atomic mass is 32.3. The number of rotatable bonds is 2. The van der Waals surface area contributed by atoms with E-state index in [4.69, 9.17) is 0 Å². The minimum absolute atomic E-state index is 0.269. The first kappa shape index (κ1) is 17.2. The molecule has 2 aliphatic rings. The van der Waals surface area contributed by atoms with Gasteiger partial charge in [0.1, 0.15) is 17.6 Å². The SMILES string of the molecule is Cn1cc(-c2nc(N3CCC4(CC3)CNS(O)(O)N4)cnc2C#N)cn1. The van der Waals surface area contributed by atoms with Gasteiger partial charge in [0.05, 0.1) is 17.9 Å². The highest BCUT2D eigenvalue weighted by molar-refractivity contribution is 8.21. The van der Waals surface area contributed by atoms with Crippen LogP contribution < -0.4 is 14.3 Å². The topological polar surface area (TPSA) is 135 Å². The molecule has 0 aromatic carbocycles. The molecule has 0 unspecified atom stereocenters. The van der Waals surface area contributed by atoms with Gasteiger partial charge in [-0.25, -0.2) is 14.7 Å². The summed E-state index contributed by atoms with van der Waals surface area (Å²) in [6.45, 7) is 1.94. The Morgan fingerprint density at radius 2 is 2.08 bits per heavy atom. The third-order valence-electron chi connectivity index (χ3n) is 4.86. The smallest absolute Gasteiger partial charge is 0.167 e. The third kappa shape index (κ3) is 3.13. The Morgan fingerprint density at radius 3 is 2.65 bits per heavy atom. The molecule has 2 aromatic rings. The van der Waals surface area contributed by atoms with Gasteiger partial charge in [0, 0.05) is 38.4 Å². The standard InChI is InChI=1S/C15H20N8O2S/c1-22-9-11(7-18-22)14-12(6-16)17-8-13(20-14)23-4-2-15(3-5-23)10-19-26(24,25)21-15/h7-9,19,21,24-25H,2-5,10H2,1H3. The summed E-state index contributed by atoms with van der Waals surface area (Å²) >= 11 is 0. The average Bonchev–Trinajstić information content (AvgIpc) is 3.18. The van der Waals surface area contributed by atoms with Gasteiger partial charge in [-0.3, -0.25) is 13.8 Å². The highest BCUT2D eigenvalue weighted by Crippen LogP contribution is 2.42. The molecular formula is C15H20N8O2S. The summed E-state index contributed by atoms with van der Waals surface area (Å²) in [6, 6.07) is 2.08. The van der Waals surface area contributed by atoms with E-state index in [9.17, 15) is 14.4 Å². The highest BCUT2D eigenvalue weighted by Gasteiger charge is 2.43. The molecule has 0 atom stereocenters. The fourth-order valence-electron chi connectivity index (χ4n) is 3.41. The molecule has 11 heteroatoms. The van der Waals surface area contributed by atoms with Crippen LogP contribution in [0.25, 0.3) is 11.3 Å². The lowest BCUT2D eigenvalue weighted by molar-refractivity contribution is 0.321. The van der Waals surface area contributed by atoms with Crippen LogP contribution in [0.3, 0.4) is 0 Å². The van der Waals surface area contributed by atoms with Crippen molar-refractivity contribution in [2.75, 3.05) is 24.5 Å². The molecule has 0 saturated carbocycles. The molecule has 2 fully saturated rings. The van der Waals surface area contributed by atoms with Crippen LogP contribution in [0.4, 0.5) is 5.82 Å². The molecule has 0 amide bonds. The predicted octanol–water partition coefficient (Wildman–Crippen LogP) is 0.861. The van der Waals surface area contributed by atoms with Gasteiger partial charge in [-0.1, -0.05) is 11.0 Å².